The highest BCUT2D eigenvalue weighted by Gasteiger charge is 2.22. The predicted molar refractivity (Wildman–Crippen MR) is 118 cm³/mol. The molecule has 1 aliphatic heterocycles. The largest absolute Gasteiger partial charge is 0.336 e. The summed E-state index contributed by atoms with van der Waals surface area (Å²) in [4.78, 5) is 21.5. The highest BCUT2D eigenvalue weighted by molar-refractivity contribution is 7.98. The van der Waals surface area contributed by atoms with Gasteiger partial charge in [0.25, 0.3) is 5.91 Å². The van der Waals surface area contributed by atoms with Gasteiger partial charge in [-0.15, -0.1) is 0 Å². The second kappa shape index (κ2) is 9.16. The van der Waals surface area contributed by atoms with E-state index in [1.54, 1.807) is 18.0 Å². The van der Waals surface area contributed by atoms with Crippen molar-refractivity contribution in [3.8, 4) is 11.8 Å². The topological polar surface area (TPSA) is 65.2 Å². The van der Waals surface area contributed by atoms with E-state index >= 15 is 0 Å². The zero-order chi connectivity index (χ0) is 20.9. The molecule has 0 N–H and O–H groups in total. The Balaban J connectivity index is 1.34. The Morgan fingerprint density at radius 2 is 1.77 bits per heavy atom. The number of thioether (sulfide) groups is 1. The van der Waals surface area contributed by atoms with Crippen molar-refractivity contribution in [2.24, 2.45) is 0 Å². The van der Waals surface area contributed by atoms with E-state index in [0.717, 1.165) is 43.6 Å². The second-order valence-corrected chi connectivity index (χ2v) is 7.98. The number of nitriles is 1. The van der Waals surface area contributed by atoms with E-state index in [2.05, 4.69) is 16.0 Å². The molecule has 0 spiro atoms. The molecular weight excluding hydrogens is 394 g/mol. The van der Waals surface area contributed by atoms with Gasteiger partial charge in [-0.25, -0.2) is 4.98 Å². The molecular formula is C23H23N5OS. The molecule has 1 saturated heterocycles. The fourth-order valence-corrected chi connectivity index (χ4v) is 4.17. The first-order valence-corrected chi connectivity index (χ1v) is 11.1. The maximum Gasteiger partial charge on any atom is 0.253 e. The second-order valence-electron chi connectivity index (χ2n) is 7.21. The Morgan fingerprint density at radius 3 is 2.40 bits per heavy atom. The van der Waals surface area contributed by atoms with Crippen LogP contribution in [0.5, 0.6) is 0 Å². The summed E-state index contributed by atoms with van der Waals surface area (Å²) in [6.07, 6.45) is 5.70. The van der Waals surface area contributed by atoms with Crippen LogP contribution in [0.25, 0.3) is 5.69 Å². The van der Waals surface area contributed by atoms with Crippen molar-refractivity contribution in [1.29, 1.82) is 5.26 Å². The lowest BCUT2D eigenvalue weighted by molar-refractivity contribution is 0.0628. The number of rotatable bonds is 5. The summed E-state index contributed by atoms with van der Waals surface area (Å²) >= 11 is 1.59. The summed E-state index contributed by atoms with van der Waals surface area (Å²) in [6.45, 7) is 3.96. The van der Waals surface area contributed by atoms with Crippen LogP contribution in [0.15, 0.2) is 66.1 Å². The fraction of sp³-hybridized carbons (Fsp3) is 0.261. The van der Waals surface area contributed by atoms with Crippen LogP contribution in [0.1, 0.15) is 21.5 Å². The number of hydrogen-bond acceptors (Lipinski definition) is 5. The van der Waals surface area contributed by atoms with Gasteiger partial charge in [-0.3, -0.25) is 14.3 Å². The molecule has 0 saturated carbocycles. The van der Waals surface area contributed by atoms with Crippen molar-refractivity contribution in [3.05, 3.63) is 77.6 Å². The molecule has 6 nitrogen and oxygen atoms in total. The molecule has 7 heteroatoms. The lowest BCUT2D eigenvalue weighted by Gasteiger charge is -2.34. The number of nitrogens with zero attached hydrogens (tertiary/aromatic N) is 5. The summed E-state index contributed by atoms with van der Waals surface area (Å²) in [6, 6.07) is 17.6. The van der Waals surface area contributed by atoms with E-state index < -0.39 is 0 Å². The highest BCUT2D eigenvalue weighted by atomic mass is 32.2. The molecule has 0 aliphatic carbocycles. The van der Waals surface area contributed by atoms with Gasteiger partial charge in [0.15, 0.2) is 5.16 Å². The van der Waals surface area contributed by atoms with E-state index in [9.17, 15) is 4.79 Å². The summed E-state index contributed by atoms with van der Waals surface area (Å²) < 4.78 is 2.01. The molecule has 30 heavy (non-hydrogen) atoms. The number of benzene rings is 2. The van der Waals surface area contributed by atoms with Crippen LogP contribution in [-0.2, 0) is 6.54 Å². The van der Waals surface area contributed by atoms with Crippen LogP contribution in [0, 0.1) is 11.3 Å². The average Bonchev–Trinajstić information content (AvgIpc) is 3.29. The molecule has 1 aromatic heterocycles. The molecule has 0 atom stereocenters. The lowest BCUT2D eigenvalue weighted by Crippen LogP contribution is -2.48. The number of carbonyl (C=O) groups excluding carboxylic acids is 1. The van der Waals surface area contributed by atoms with Crippen LogP contribution < -0.4 is 0 Å². The minimum atomic E-state index is 0.0790. The molecule has 1 fully saturated rings. The van der Waals surface area contributed by atoms with Gasteiger partial charge in [0.2, 0.25) is 0 Å². The smallest absolute Gasteiger partial charge is 0.253 e. The zero-order valence-electron chi connectivity index (χ0n) is 16.9. The van der Waals surface area contributed by atoms with Crippen LogP contribution in [-0.4, -0.2) is 57.7 Å². The Hall–Kier alpha value is -3.08. The van der Waals surface area contributed by atoms with E-state index in [1.165, 1.54) is 5.56 Å². The highest BCUT2D eigenvalue weighted by Crippen LogP contribution is 2.19. The number of piperazine rings is 1. The van der Waals surface area contributed by atoms with Crippen molar-refractivity contribution >= 4 is 17.7 Å². The summed E-state index contributed by atoms with van der Waals surface area (Å²) in [5.74, 6) is 0.0790. The van der Waals surface area contributed by atoms with Gasteiger partial charge in [-0.1, -0.05) is 23.9 Å². The van der Waals surface area contributed by atoms with Crippen molar-refractivity contribution in [3.63, 3.8) is 0 Å². The normalized spacial score (nSPS) is 14.5. The molecule has 2 heterocycles. The first-order valence-electron chi connectivity index (χ1n) is 9.86. The van der Waals surface area contributed by atoms with Crippen molar-refractivity contribution in [2.45, 2.75) is 11.7 Å². The van der Waals surface area contributed by atoms with Gasteiger partial charge in [-0.2, -0.15) is 5.26 Å². The molecule has 152 valence electrons. The average molecular weight is 418 g/mol. The number of aromatic nitrogens is 2. The Morgan fingerprint density at radius 1 is 1.07 bits per heavy atom. The predicted octanol–water partition coefficient (Wildman–Crippen LogP) is 3.42. The van der Waals surface area contributed by atoms with Gasteiger partial charge in [0.1, 0.15) is 0 Å². The molecule has 1 amide bonds. The SMILES string of the molecule is CSc1nccn1-c1ccc(C(=O)N2CCN(Cc3ccc(C#N)cc3)CC2)cc1. The Bertz CT molecular complexity index is 1040. The van der Waals surface area contributed by atoms with Crippen LogP contribution in [0.4, 0.5) is 0 Å². The van der Waals surface area contributed by atoms with Gasteiger partial charge in [-0.05, 0) is 48.2 Å². The van der Waals surface area contributed by atoms with E-state index in [-0.39, 0.29) is 5.91 Å². The van der Waals surface area contributed by atoms with Gasteiger partial charge in [0, 0.05) is 56.4 Å². The standard InChI is InChI=1S/C23H23N5OS/c1-30-23-25-10-11-28(23)21-8-6-20(7-9-21)22(29)27-14-12-26(13-15-27)17-19-4-2-18(16-24)3-5-19/h2-11H,12-15,17H2,1H3. The van der Waals surface area contributed by atoms with E-state index in [0.29, 0.717) is 11.1 Å². The number of amides is 1. The molecule has 0 radical (unpaired) electrons. The van der Waals surface area contributed by atoms with Crippen molar-refractivity contribution in [2.75, 3.05) is 32.4 Å². The molecule has 0 unspecified atom stereocenters. The van der Waals surface area contributed by atoms with Gasteiger partial charge < -0.3 is 4.90 Å². The molecule has 2 aromatic carbocycles. The summed E-state index contributed by atoms with van der Waals surface area (Å²) in [5, 5.41) is 9.83. The van der Waals surface area contributed by atoms with Crippen LogP contribution in [0.2, 0.25) is 0 Å². The third-order valence-corrected chi connectivity index (χ3v) is 6.00. The summed E-state index contributed by atoms with van der Waals surface area (Å²) in [5.41, 5.74) is 3.58. The van der Waals surface area contributed by atoms with E-state index in [4.69, 9.17) is 5.26 Å². The third kappa shape index (κ3) is 4.40. The first kappa shape index (κ1) is 20.2. The quantitative estimate of drug-likeness (QED) is 0.595. The monoisotopic (exact) mass is 417 g/mol. The molecule has 3 aromatic rings. The maximum absolute atomic E-state index is 12.9. The van der Waals surface area contributed by atoms with Crippen molar-refractivity contribution < 1.29 is 4.79 Å². The van der Waals surface area contributed by atoms with Gasteiger partial charge in [0.05, 0.1) is 11.6 Å². The minimum Gasteiger partial charge on any atom is -0.336 e. The van der Waals surface area contributed by atoms with E-state index in [1.807, 2.05) is 70.5 Å². The third-order valence-electron chi connectivity index (χ3n) is 5.33. The molecule has 4 rings (SSSR count). The lowest BCUT2D eigenvalue weighted by atomic mass is 10.1. The van der Waals surface area contributed by atoms with Crippen LogP contribution in [0.3, 0.4) is 0 Å². The van der Waals surface area contributed by atoms with Gasteiger partial charge >= 0.3 is 0 Å². The number of carbonyl (C=O) groups is 1. The molecule has 1 aliphatic rings. The Labute approximate surface area is 180 Å². The summed E-state index contributed by atoms with van der Waals surface area (Å²) in [7, 11) is 0. The van der Waals surface area contributed by atoms with Crippen molar-refractivity contribution in [1.82, 2.24) is 19.4 Å². The number of imidazole rings is 1. The van der Waals surface area contributed by atoms with Crippen LogP contribution >= 0.6 is 11.8 Å². The minimum absolute atomic E-state index is 0.0790. The fourth-order valence-electron chi connectivity index (χ4n) is 3.64. The first-order chi connectivity index (χ1) is 14.7. The maximum atomic E-state index is 12.9. The number of hydrogen-bond donors (Lipinski definition) is 0. The molecule has 0 bridgehead atoms. The zero-order valence-corrected chi connectivity index (χ0v) is 17.7. The Kier molecular flexibility index (Phi) is 6.17.